The molecule has 0 radical (unpaired) electrons. The number of halogens is 11. The molecule has 1 aromatic carbocycles. The van der Waals surface area contributed by atoms with Gasteiger partial charge < -0.3 is 5.32 Å². The van der Waals surface area contributed by atoms with Gasteiger partial charge in [-0.3, -0.25) is 4.79 Å². The van der Waals surface area contributed by atoms with Crippen molar-refractivity contribution in [2.45, 2.75) is 23.9 Å². The van der Waals surface area contributed by atoms with Gasteiger partial charge in [0.15, 0.2) is 0 Å². The summed E-state index contributed by atoms with van der Waals surface area (Å²) in [6.45, 7) is 0. The van der Waals surface area contributed by atoms with Gasteiger partial charge >= 0.3 is 29.9 Å². The molecule has 0 atom stereocenters. The van der Waals surface area contributed by atoms with Crippen LogP contribution in [0.3, 0.4) is 0 Å². The van der Waals surface area contributed by atoms with Gasteiger partial charge in [-0.15, -0.1) is 0 Å². The van der Waals surface area contributed by atoms with Crippen molar-refractivity contribution in [3.8, 4) is 0 Å². The molecule has 0 saturated heterocycles. The van der Waals surface area contributed by atoms with E-state index in [1.807, 2.05) is 0 Å². The summed E-state index contributed by atoms with van der Waals surface area (Å²) in [7, 11) is 0. The second-order valence-electron chi connectivity index (χ2n) is 4.30. The van der Waals surface area contributed by atoms with Gasteiger partial charge in [-0.05, 0) is 18.2 Å². The minimum Gasteiger partial charge on any atom is -0.321 e. The van der Waals surface area contributed by atoms with Gasteiger partial charge in [0.1, 0.15) is 0 Å². The quantitative estimate of drug-likeness (QED) is 0.665. The Bertz CT molecular complexity index is 645. The highest BCUT2D eigenvalue weighted by molar-refractivity contribution is 6.42. The predicted octanol–water partition coefficient (Wildman–Crippen LogP) is 5.40. The van der Waals surface area contributed by atoms with Gasteiger partial charge in [0.2, 0.25) is 0 Å². The molecule has 0 aliphatic heterocycles. The number of anilines is 1. The number of hydrogen-bond donors (Lipinski definition) is 1. The van der Waals surface area contributed by atoms with Crippen molar-refractivity contribution in [1.82, 2.24) is 0 Å². The molecule has 13 heteroatoms. The van der Waals surface area contributed by atoms with Crippen molar-refractivity contribution < 1.29 is 44.3 Å². The maximum atomic E-state index is 13.3. The van der Waals surface area contributed by atoms with Crippen LogP contribution in [0, 0.1) is 0 Å². The van der Waals surface area contributed by atoms with Crippen LogP contribution in [0.25, 0.3) is 0 Å². The summed E-state index contributed by atoms with van der Waals surface area (Å²) in [5.41, 5.74) is -0.680. The number of rotatable bonds is 4. The van der Waals surface area contributed by atoms with E-state index in [4.69, 9.17) is 23.2 Å². The Morgan fingerprint density at radius 2 is 1.33 bits per heavy atom. The van der Waals surface area contributed by atoms with Crippen LogP contribution in [-0.4, -0.2) is 29.9 Å². The van der Waals surface area contributed by atoms with Crippen LogP contribution >= 0.6 is 23.2 Å². The van der Waals surface area contributed by atoms with E-state index in [1.165, 1.54) is 0 Å². The monoisotopic (exact) mass is 407 g/mol. The van der Waals surface area contributed by atoms with Gasteiger partial charge in [-0.1, -0.05) is 23.2 Å². The lowest BCUT2D eigenvalue weighted by atomic mass is 10.0. The molecule has 0 heterocycles. The minimum atomic E-state index is -7.15. The number of carbonyl (C=O) groups is 1. The molecule has 0 spiro atoms. The standard InChI is InChI=1S/C11H4Cl2F9NO/c12-5-2-1-4(3-6(5)13)23-7(24)8(14,15)9(16,17)10(18,19)11(20,21)22/h1-3H,(H,23,24). The maximum absolute atomic E-state index is 13.3. The van der Waals surface area contributed by atoms with E-state index >= 15 is 0 Å². The Morgan fingerprint density at radius 1 is 0.833 bits per heavy atom. The van der Waals surface area contributed by atoms with E-state index in [-0.39, 0.29) is 10.0 Å². The second-order valence-corrected chi connectivity index (χ2v) is 5.12. The van der Waals surface area contributed by atoms with Crippen LogP contribution in [0.2, 0.25) is 10.0 Å². The molecule has 0 unspecified atom stereocenters. The molecular weight excluding hydrogens is 404 g/mol. The fraction of sp³-hybridized carbons (Fsp3) is 0.364. The Hall–Kier alpha value is -1.36. The summed E-state index contributed by atoms with van der Waals surface area (Å²) < 4.78 is 114. The van der Waals surface area contributed by atoms with Crippen molar-refractivity contribution in [3.05, 3.63) is 28.2 Å². The SMILES string of the molecule is O=C(Nc1ccc(Cl)c(Cl)c1)C(F)(F)C(F)(F)C(F)(F)C(F)(F)F. The van der Waals surface area contributed by atoms with Crippen LogP contribution in [0.4, 0.5) is 45.2 Å². The number of hydrogen-bond acceptors (Lipinski definition) is 1. The number of amides is 1. The predicted molar refractivity (Wildman–Crippen MR) is 66.0 cm³/mol. The normalized spacial score (nSPS) is 13.8. The third-order valence-electron chi connectivity index (χ3n) is 2.61. The highest BCUT2D eigenvalue weighted by Crippen LogP contribution is 2.53. The van der Waals surface area contributed by atoms with E-state index in [0.29, 0.717) is 6.07 Å². The third kappa shape index (κ3) is 3.37. The van der Waals surface area contributed by atoms with Crippen molar-refractivity contribution in [2.75, 3.05) is 5.32 Å². The summed E-state index contributed by atoms with van der Waals surface area (Å²) in [5.74, 6) is -23.7. The molecule has 0 fully saturated rings. The minimum absolute atomic E-state index is 0.129. The summed E-state index contributed by atoms with van der Waals surface area (Å²) in [6, 6.07) is 2.40. The molecule has 1 amide bonds. The van der Waals surface area contributed by atoms with Crippen LogP contribution < -0.4 is 5.32 Å². The van der Waals surface area contributed by atoms with E-state index in [0.717, 1.165) is 17.4 Å². The zero-order valence-corrected chi connectivity index (χ0v) is 12.3. The molecule has 1 aromatic rings. The van der Waals surface area contributed by atoms with Crippen LogP contribution in [0.1, 0.15) is 0 Å². The molecule has 24 heavy (non-hydrogen) atoms. The topological polar surface area (TPSA) is 29.1 Å². The summed E-state index contributed by atoms with van der Waals surface area (Å²) >= 11 is 10.9. The first-order valence-electron chi connectivity index (χ1n) is 5.52. The van der Waals surface area contributed by atoms with Gasteiger partial charge in [0, 0.05) is 5.69 Å². The lowest BCUT2D eigenvalue weighted by molar-refractivity contribution is -0.388. The van der Waals surface area contributed by atoms with Crippen LogP contribution in [0.15, 0.2) is 18.2 Å². The summed E-state index contributed by atoms with van der Waals surface area (Å²) in [4.78, 5) is 11.1. The zero-order chi connectivity index (χ0) is 19.1. The molecule has 136 valence electrons. The first kappa shape index (κ1) is 20.7. The Kier molecular flexibility index (Phi) is 5.32. The number of nitrogens with one attached hydrogen (secondary N) is 1. The van der Waals surface area contributed by atoms with Crippen molar-refractivity contribution in [1.29, 1.82) is 0 Å². The Balaban J connectivity index is 3.17. The fourth-order valence-electron chi connectivity index (χ4n) is 1.30. The van der Waals surface area contributed by atoms with Crippen molar-refractivity contribution in [2.24, 2.45) is 0 Å². The molecule has 0 bridgehead atoms. The van der Waals surface area contributed by atoms with Gasteiger partial charge in [0.05, 0.1) is 10.0 Å². The first-order valence-corrected chi connectivity index (χ1v) is 6.28. The van der Waals surface area contributed by atoms with E-state index in [2.05, 4.69) is 0 Å². The molecule has 2 nitrogen and oxygen atoms in total. The molecular formula is C11H4Cl2F9NO. The van der Waals surface area contributed by atoms with Gasteiger partial charge in [-0.2, -0.15) is 39.5 Å². The number of benzene rings is 1. The Morgan fingerprint density at radius 3 is 1.75 bits per heavy atom. The molecule has 1 rings (SSSR count). The van der Waals surface area contributed by atoms with Crippen LogP contribution in [-0.2, 0) is 4.79 Å². The first-order chi connectivity index (χ1) is 10.6. The zero-order valence-electron chi connectivity index (χ0n) is 10.8. The molecule has 0 aromatic heterocycles. The average molecular weight is 408 g/mol. The second kappa shape index (κ2) is 6.17. The Labute approximate surface area is 137 Å². The third-order valence-corrected chi connectivity index (χ3v) is 3.35. The summed E-state index contributed by atoms with van der Waals surface area (Å²) in [5, 5.41) is 0.609. The van der Waals surface area contributed by atoms with E-state index in [1.54, 1.807) is 0 Å². The molecule has 0 aliphatic rings. The van der Waals surface area contributed by atoms with Crippen molar-refractivity contribution >= 4 is 34.8 Å². The smallest absolute Gasteiger partial charge is 0.321 e. The highest BCUT2D eigenvalue weighted by atomic mass is 35.5. The van der Waals surface area contributed by atoms with Gasteiger partial charge in [0.25, 0.3) is 0 Å². The maximum Gasteiger partial charge on any atom is 0.460 e. The van der Waals surface area contributed by atoms with E-state index in [9.17, 15) is 44.3 Å². The van der Waals surface area contributed by atoms with Gasteiger partial charge in [-0.25, -0.2) is 0 Å². The number of alkyl halides is 9. The highest BCUT2D eigenvalue weighted by Gasteiger charge is 2.83. The lowest BCUT2D eigenvalue weighted by Gasteiger charge is -2.32. The van der Waals surface area contributed by atoms with E-state index < -0.39 is 35.5 Å². The summed E-state index contributed by atoms with van der Waals surface area (Å²) in [6.07, 6.45) is -7.01. The molecule has 0 aliphatic carbocycles. The van der Waals surface area contributed by atoms with Crippen LogP contribution in [0.5, 0.6) is 0 Å². The number of carbonyl (C=O) groups excluding carboxylic acids is 1. The largest absolute Gasteiger partial charge is 0.460 e. The lowest BCUT2D eigenvalue weighted by Crippen LogP contribution is -2.64. The molecule has 1 N–H and O–H groups in total. The fourth-order valence-corrected chi connectivity index (χ4v) is 1.60. The average Bonchev–Trinajstić information content (AvgIpc) is 2.41. The van der Waals surface area contributed by atoms with Crippen molar-refractivity contribution in [3.63, 3.8) is 0 Å². The molecule has 0 saturated carbocycles.